The number of halogens is 3. The van der Waals surface area contributed by atoms with E-state index in [0.29, 0.717) is 25.9 Å². The van der Waals surface area contributed by atoms with Crippen molar-refractivity contribution < 1.29 is 31.1 Å². The maximum Gasteiger partial charge on any atom is 0.416 e. The summed E-state index contributed by atoms with van der Waals surface area (Å²) in [5.41, 5.74) is 9.57. The molecule has 2 heterocycles. The van der Waals surface area contributed by atoms with Crippen molar-refractivity contribution >= 4 is 26.8 Å². The fraction of sp³-hybridized carbons (Fsp3) is 0.323. The van der Waals surface area contributed by atoms with E-state index in [1.807, 2.05) is 42.6 Å². The molecule has 222 valence electrons. The smallest absolute Gasteiger partial charge is 0.416 e. The summed E-state index contributed by atoms with van der Waals surface area (Å²) in [5.74, 6) is -0.126. The molecule has 0 aliphatic carbocycles. The van der Waals surface area contributed by atoms with Crippen LogP contribution in [-0.4, -0.2) is 49.1 Å². The lowest BCUT2D eigenvalue weighted by molar-refractivity contribution is -0.137. The van der Waals surface area contributed by atoms with Crippen molar-refractivity contribution in [3.63, 3.8) is 0 Å². The Morgan fingerprint density at radius 1 is 1.00 bits per heavy atom. The van der Waals surface area contributed by atoms with Crippen LogP contribution < -0.4 is 10.5 Å². The van der Waals surface area contributed by atoms with Gasteiger partial charge in [0.25, 0.3) is 0 Å². The molecule has 0 bridgehead atoms. The number of amides is 1. The molecule has 0 spiro atoms. The van der Waals surface area contributed by atoms with E-state index >= 15 is 0 Å². The second-order valence-corrected chi connectivity index (χ2v) is 12.6. The van der Waals surface area contributed by atoms with E-state index in [2.05, 4.69) is 11.1 Å². The highest BCUT2D eigenvalue weighted by molar-refractivity contribution is 7.89. The van der Waals surface area contributed by atoms with Gasteiger partial charge in [-0.05, 0) is 83.8 Å². The quantitative estimate of drug-likeness (QED) is 0.223. The second kappa shape index (κ2) is 12.2. The Labute approximate surface area is 242 Å². The predicted octanol–water partition coefficient (Wildman–Crippen LogP) is 5.86. The Morgan fingerprint density at radius 3 is 2.33 bits per heavy atom. The molecule has 4 aromatic rings. The Kier molecular flexibility index (Phi) is 8.60. The molecule has 7 nitrogen and oxygen atoms in total. The van der Waals surface area contributed by atoms with E-state index in [1.165, 1.54) is 16.4 Å². The zero-order valence-corrected chi connectivity index (χ0v) is 23.7. The van der Waals surface area contributed by atoms with E-state index in [0.717, 1.165) is 45.3 Å². The number of aromatic nitrogens is 1. The lowest BCUT2D eigenvalue weighted by Gasteiger charge is -2.31. The van der Waals surface area contributed by atoms with Crippen LogP contribution in [0.4, 0.5) is 13.2 Å². The number of nitrogens with two attached hydrogens (primary N) is 1. The van der Waals surface area contributed by atoms with Gasteiger partial charge in [0.15, 0.2) is 0 Å². The van der Waals surface area contributed by atoms with Crippen LogP contribution in [0.2, 0.25) is 0 Å². The van der Waals surface area contributed by atoms with Gasteiger partial charge in [-0.2, -0.15) is 13.2 Å². The molecule has 5 rings (SSSR count). The third-order valence-electron chi connectivity index (χ3n) is 7.66. The minimum absolute atomic E-state index is 0.0772. The first kappa shape index (κ1) is 29.7. The van der Waals surface area contributed by atoms with E-state index in [1.54, 1.807) is 0 Å². The van der Waals surface area contributed by atoms with E-state index in [4.69, 9.17) is 10.5 Å². The first-order chi connectivity index (χ1) is 20.0. The third kappa shape index (κ3) is 6.79. The van der Waals surface area contributed by atoms with Crippen LogP contribution >= 0.6 is 0 Å². The molecular weight excluding hydrogens is 567 g/mol. The number of piperidine rings is 1. The van der Waals surface area contributed by atoms with Crippen molar-refractivity contribution in [2.75, 3.05) is 25.4 Å². The highest BCUT2D eigenvalue weighted by atomic mass is 32.2. The zero-order chi connectivity index (χ0) is 29.9. The van der Waals surface area contributed by atoms with Crippen molar-refractivity contribution in [1.82, 2.24) is 9.29 Å². The number of sulfonamides is 1. The number of carbonyl (C=O) groups excluding carboxylic acids is 1. The van der Waals surface area contributed by atoms with Gasteiger partial charge in [0, 0.05) is 30.2 Å². The van der Waals surface area contributed by atoms with Gasteiger partial charge in [-0.25, -0.2) is 12.7 Å². The summed E-state index contributed by atoms with van der Waals surface area (Å²) in [4.78, 5) is 15.1. The highest BCUT2D eigenvalue weighted by Crippen LogP contribution is 2.37. The number of benzene rings is 3. The third-order valence-corrected chi connectivity index (χ3v) is 9.62. The fourth-order valence-electron chi connectivity index (χ4n) is 5.54. The van der Waals surface area contributed by atoms with Crippen molar-refractivity contribution in [3.05, 3.63) is 89.6 Å². The highest BCUT2D eigenvalue weighted by Gasteiger charge is 2.31. The Hall–Kier alpha value is -3.83. The number of carbonyl (C=O) groups is 1. The fourth-order valence-corrected chi connectivity index (χ4v) is 7.04. The molecule has 3 aromatic carbocycles. The molecular formula is C31H32F3N3O4S. The lowest BCUT2D eigenvalue weighted by atomic mass is 9.88. The number of fused-ring (bicyclic) bond motifs is 1. The van der Waals surface area contributed by atoms with Crippen LogP contribution in [0.1, 0.15) is 41.9 Å². The van der Waals surface area contributed by atoms with Crippen molar-refractivity contribution in [2.24, 2.45) is 5.73 Å². The van der Waals surface area contributed by atoms with Gasteiger partial charge in [-0.15, -0.1) is 0 Å². The summed E-state index contributed by atoms with van der Waals surface area (Å²) >= 11 is 0. The van der Waals surface area contributed by atoms with Gasteiger partial charge in [0.05, 0.1) is 24.3 Å². The number of aromatic amines is 1. The molecule has 11 heteroatoms. The molecule has 0 atom stereocenters. The van der Waals surface area contributed by atoms with Gasteiger partial charge in [0.1, 0.15) is 5.75 Å². The predicted molar refractivity (Wildman–Crippen MR) is 156 cm³/mol. The van der Waals surface area contributed by atoms with Gasteiger partial charge in [0.2, 0.25) is 15.9 Å². The Bertz CT molecular complexity index is 1640. The van der Waals surface area contributed by atoms with Gasteiger partial charge >= 0.3 is 6.18 Å². The van der Waals surface area contributed by atoms with Gasteiger partial charge < -0.3 is 15.5 Å². The molecule has 1 aliphatic rings. The number of ether oxygens (including phenoxy) is 1. The minimum atomic E-state index is -4.42. The van der Waals surface area contributed by atoms with E-state index in [-0.39, 0.29) is 36.9 Å². The molecule has 0 radical (unpaired) electrons. The number of H-pyrrole nitrogens is 1. The topological polar surface area (TPSA) is 105 Å². The first-order valence-electron chi connectivity index (χ1n) is 13.8. The second-order valence-electron chi connectivity index (χ2n) is 10.5. The summed E-state index contributed by atoms with van der Waals surface area (Å²) in [5, 5.41) is 1.01. The van der Waals surface area contributed by atoms with Gasteiger partial charge in [-0.1, -0.05) is 30.3 Å². The Morgan fingerprint density at radius 2 is 1.69 bits per heavy atom. The van der Waals surface area contributed by atoms with Crippen LogP contribution in [0.15, 0.2) is 72.9 Å². The molecule has 3 N–H and O–H groups in total. The SMILES string of the molecule is NC(=O)Cc1cc(-c2ccccc2)cc2c(C3CCN(S(=O)(=O)CCCOc4ccc(C(F)(F)F)cc4)CC3)c[nH]c12. The van der Waals surface area contributed by atoms with Crippen molar-refractivity contribution in [3.8, 4) is 16.9 Å². The van der Waals surface area contributed by atoms with Crippen LogP contribution in [0.5, 0.6) is 5.75 Å². The number of primary amides is 1. The van der Waals surface area contributed by atoms with Crippen molar-refractivity contribution in [1.29, 1.82) is 0 Å². The largest absolute Gasteiger partial charge is 0.494 e. The maximum absolute atomic E-state index is 13.0. The van der Waals surface area contributed by atoms with Crippen LogP contribution in [0.25, 0.3) is 22.0 Å². The number of nitrogens with one attached hydrogen (secondary N) is 1. The van der Waals surface area contributed by atoms with E-state index in [9.17, 15) is 26.4 Å². The molecule has 0 unspecified atom stereocenters. The van der Waals surface area contributed by atoms with Crippen LogP contribution in [0.3, 0.4) is 0 Å². The zero-order valence-electron chi connectivity index (χ0n) is 22.9. The van der Waals surface area contributed by atoms with Crippen molar-refractivity contribution in [2.45, 2.75) is 37.8 Å². The standard InChI is InChI=1S/C31H32F3N3O4S/c32-31(33,34)25-7-9-26(10-8-25)41-15-4-16-42(39,40)37-13-11-22(12-14-37)28-20-36-30-24(19-29(35)38)17-23(18-27(28)30)21-5-2-1-3-6-21/h1-3,5-10,17-18,20,22,36H,4,11-16,19H2,(H2,35,38). The number of nitrogens with zero attached hydrogens (tertiary/aromatic N) is 1. The molecule has 1 aromatic heterocycles. The van der Waals surface area contributed by atoms with Crippen LogP contribution in [-0.2, 0) is 27.4 Å². The average molecular weight is 600 g/mol. The summed E-state index contributed by atoms with van der Waals surface area (Å²) in [6.07, 6.45) is -0.846. The number of rotatable bonds is 10. The summed E-state index contributed by atoms with van der Waals surface area (Å²) < 4.78 is 71.1. The Balaban J connectivity index is 1.21. The van der Waals surface area contributed by atoms with E-state index < -0.39 is 27.7 Å². The maximum atomic E-state index is 13.0. The minimum Gasteiger partial charge on any atom is -0.494 e. The first-order valence-corrected chi connectivity index (χ1v) is 15.4. The molecule has 0 saturated carbocycles. The van der Waals surface area contributed by atoms with Crippen LogP contribution in [0, 0.1) is 0 Å². The number of hydrogen-bond donors (Lipinski definition) is 2. The summed E-state index contributed by atoms with van der Waals surface area (Å²) in [6.45, 7) is 0.839. The molecule has 1 amide bonds. The monoisotopic (exact) mass is 599 g/mol. The number of hydrogen-bond acceptors (Lipinski definition) is 4. The average Bonchev–Trinajstić information content (AvgIpc) is 3.40. The lowest BCUT2D eigenvalue weighted by Crippen LogP contribution is -2.39. The summed E-state index contributed by atoms with van der Waals surface area (Å²) in [7, 11) is -3.52. The molecule has 1 aliphatic heterocycles. The molecule has 1 saturated heterocycles. The summed E-state index contributed by atoms with van der Waals surface area (Å²) in [6, 6.07) is 18.3. The normalized spacial score (nSPS) is 15.2. The molecule has 42 heavy (non-hydrogen) atoms. The molecule has 1 fully saturated rings. The van der Waals surface area contributed by atoms with Gasteiger partial charge in [-0.3, -0.25) is 4.79 Å². The number of alkyl halides is 3.